The summed E-state index contributed by atoms with van der Waals surface area (Å²) in [4.78, 5) is 0.324. The molecule has 0 aliphatic carbocycles. The summed E-state index contributed by atoms with van der Waals surface area (Å²) < 4.78 is 27.9. The molecule has 0 aromatic heterocycles. The number of hydrogen-bond acceptors (Lipinski definition) is 2. The normalized spacial score (nSPS) is 18.1. The number of hydrogen-bond donors (Lipinski definition) is 0. The van der Waals surface area contributed by atoms with Crippen LogP contribution in [0.5, 0.6) is 0 Å². The maximum Gasteiger partial charge on any atom is 0.264 e. The van der Waals surface area contributed by atoms with Gasteiger partial charge in [-0.3, -0.25) is 4.31 Å². The van der Waals surface area contributed by atoms with Crippen LogP contribution < -0.4 is 4.31 Å². The first-order valence-corrected chi connectivity index (χ1v) is 8.60. The molecule has 104 valence electrons. The van der Waals surface area contributed by atoms with Gasteiger partial charge in [0.25, 0.3) is 10.0 Å². The van der Waals surface area contributed by atoms with Crippen LogP contribution in [-0.2, 0) is 10.0 Å². The Morgan fingerprint density at radius 1 is 1.10 bits per heavy atom. The van der Waals surface area contributed by atoms with Crippen LogP contribution in [0.25, 0.3) is 0 Å². The highest BCUT2D eigenvalue weighted by atomic mass is 79.9. The molecule has 1 aliphatic heterocycles. The predicted molar refractivity (Wildman–Crippen MR) is 83.5 cm³/mol. The molecule has 1 aliphatic rings. The summed E-state index contributed by atoms with van der Waals surface area (Å²) in [5.74, 6) is 0.219. The van der Waals surface area contributed by atoms with Crippen molar-refractivity contribution in [3.05, 3.63) is 58.6 Å². The van der Waals surface area contributed by atoms with Crippen molar-refractivity contribution in [3.63, 3.8) is 0 Å². The van der Waals surface area contributed by atoms with Crippen LogP contribution in [-0.4, -0.2) is 15.0 Å². The van der Waals surface area contributed by atoms with E-state index in [0.29, 0.717) is 11.4 Å². The van der Waals surface area contributed by atoms with Crippen molar-refractivity contribution in [3.8, 4) is 0 Å². The lowest BCUT2D eigenvalue weighted by molar-refractivity contribution is 0.590. The van der Waals surface area contributed by atoms with Gasteiger partial charge in [-0.2, -0.15) is 0 Å². The zero-order valence-electron chi connectivity index (χ0n) is 11.0. The van der Waals surface area contributed by atoms with E-state index in [1.807, 2.05) is 24.3 Å². The second-order valence-corrected chi connectivity index (χ2v) is 7.73. The van der Waals surface area contributed by atoms with Gasteiger partial charge in [-0.15, -0.1) is 0 Å². The fraction of sp³-hybridized carbons (Fsp3) is 0.200. The molecule has 3 rings (SSSR count). The van der Waals surface area contributed by atoms with Gasteiger partial charge in [-0.05, 0) is 35.9 Å². The van der Waals surface area contributed by atoms with E-state index in [2.05, 4.69) is 22.9 Å². The number of benzene rings is 2. The third kappa shape index (κ3) is 2.15. The van der Waals surface area contributed by atoms with E-state index in [1.54, 1.807) is 24.3 Å². The summed E-state index contributed by atoms with van der Waals surface area (Å²) >= 11 is 3.32. The van der Waals surface area contributed by atoms with Gasteiger partial charge in [-0.1, -0.05) is 41.1 Å². The van der Waals surface area contributed by atoms with Crippen molar-refractivity contribution >= 4 is 31.6 Å². The standard InChI is InChI=1S/C15H14BrNO2S/c1-11-10-17(15-5-3-2-4-14(11)15)20(18,19)13-8-6-12(16)7-9-13/h2-9,11H,10H2,1H3. The largest absolute Gasteiger partial charge is 0.265 e. The van der Waals surface area contributed by atoms with Gasteiger partial charge >= 0.3 is 0 Å². The highest BCUT2D eigenvalue weighted by molar-refractivity contribution is 9.10. The minimum Gasteiger partial charge on any atom is -0.265 e. The average Bonchev–Trinajstić information content (AvgIpc) is 2.78. The molecule has 2 aromatic rings. The summed E-state index contributed by atoms with van der Waals surface area (Å²) in [6, 6.07) is 14.4. The van der Waals surface area contributed by atoms with Crippen LogP contribution in [0.2, 0.25) is 0 Å². The monoisotopic (exact) mass is 351 g/mol. The highest BCUT2D eigenvalue weighted by Gasteiger charge is 2.34. The smallest absolute Gasteiger partial charge is 0.264 e. The van der Waals surface area contributed by atoms with E-state index >= 15 is 0 Å². The van der Waals surface area contributed by atoms with E-state index < -0.39 is 10.0 Å². The van der Waals surface area contributed by atoms with E-state index in [-0.39, 0.29) is 5.92 Å². The zero-order valence-corrected chi connectivity index (χ0v) is 13.4. The lowest BCUT2D eigenvalue weighted by Gasteiger charge is -2.19. The number of rotatable bonds is 2. The first-order chi connectivity index (χ1) is 9.50. The average molecular weight is 352 g/mol. The molecular weight excluding hydrogens is 338 g/mol. The van der Waals surface area contributed by atoms with E-state index in [1.165, 1.54) is 4.31 Å². The van der Waals surface area contributed by atoms with Crippen molar-refractivity contribution in [2.45, 2.75) is 17.7 Å². The first-order valence-electron chi connectivity index (χ1n) is 6.37. The Hall–Kier alpha value is -1.33. The fourth-order valence-electron chi connectivity index (χ4n) is 2.54. The summed E-state index contributed by atoms with van der Waals surface area (Å²) in [5, 5.41) is 0. The van der Waals surface area contributed by atoms with Crippen LogP contribution in [0, 0.1) is 0 Å². The summed E-state index contributed by atoms with van der Waals surface area (Å²) in [6.45, 7) is 2.55. The maximum absolute atomic E-state index is 12.8. The zero-order chi connectivity index (χ0) is 14.3. The molecule has 0 bridgehead atoms. The molecule has 0 spiro atoms. The molecule has 2 aromatic carbocycles. The number of fused-ring (bicyclic) bond motifs is 1. The summed E-state index contributed by atoms with van der Waals surface area (Å²) in [6.07, 6.45) is 0. The molecule has 20 heavy (non-hydrogen) atoms. The van der Waals surface area contributed by atoms with Crippen molar-refractivity contribution in [2.75, 3.05) is 10.8 Å². The second kappa shape index (κ2) is 4.90. The van der Waals surface area contributed by atoms with Crippen LogP contribution in [0.4, 0.5) is 5.69 Å². The maximum atomic E-state index is 12.8. The molecule has 0 radical (unpaired) electrons. The summed E-state index contributed by atoms with van der Waals surface area (Å²) in [7, 11) is -3.49. The molecule has 0 amide bonds. The lowest BCUT2D eigenvalue weighted by Crippen LogP contribution is -2.29. The predicted octanol–water partition coefficient (Wildman–Crippen LogP) is 3.76. The first kappa shape index (κ1) is 13.6. The molecule has 0 saturated carbocycles. The van der Waals surface area contributed by atoms with Gasteiger partial charge in [0.1, 0.15) is 0 Å². The topological polar surface area (TPSA) is 37.4 Å². The Balaban J connectivity index is 2.08. The quantitative estimate of drug-likeness (QED) is 0.825. The Labute approximate surface area is 127 Å². The molecule has 0 N–H and O–H groups in total. The van der Waals surface area contributed by atoms with Crippen molar-refractivity contribution < 1.29 is 8.42 Å². The lowest BCUT2D eigenvalue weighted by atomic mass is 10.0. The molecular formula is C15H14BrNO2S. The van der Waals surface area contributed by atoms with Gasteiger partial charge in [0.2, 0.25) is 0 Å². The number of para-hydroxylation sites is 1. The van der Waals surface area contributed by atoms with Gasteiger partial charge in [0, 0.05) is 16.9 Å². The van der Waals surface area contributed by atoms with Crippen molar-refractivity contribution in [2.24, 2.45) is 0 Å². The number of anilines is 1. The van der Waals surface area contributed by atoms with Gasteiger partial charge in [-0.25, -0.2) is 8.42 Å². The van der Waals surface area contributed by atoms with Crippen molar-refractivity contribution in [1.29, 1.82) is 0 Å². The highest BCUT2D eigenvalue weighted by Crippen LogP contribution is 2.39. The van der Waals surface area contributed by atoms with Crippen LogP contribution in [0.1, 0.15) is 18.4 Å². The number of halogens is 1. The van der Waals surface area contributed by atoms with E-state index in [0.717, 1.165) is 15.7 Å². The molecule has 0 fully saturated rings. The fourth-order valence-corrected chi connectivity index (χ4v) is 4.38. The van der Waals surface area contributed by atoms with Gasteiger partial charge in [0.15, 0.2) is 0 Å². The molecule has 1 unspecified atom stereocenters. The van der Waals surface area contributed by atoms with Crippen LogP contribution >= 0.6 is 15.9 Å². The second-order valence-electron chi connectivity index (χ2n) is 4.95. The third-order valence-electron chi connectivity index (χ3n) is 3.58. The molecule has 1 atom stereocenters. The van der Waals surface area contributed by atoms with Gasteiger partial charge < -0.3 is 0 Å². The third-order valence-corrected chi connectivity index (χ3v) is 5.90. The van der Waals surface area contributed by atoms with Crippen LogP contribution in [0.3, 0.4) is 0 Å². The Morgan fingerprint density at radius 3 is 2.45 bits per heavy atom. The minimum absolute atomic E-state index is 0.219. The van der Waals surface area contributed by atoms with Gasteiger partial charge in [0.05, 0.1) is 10.6 Å². The number of sulfonamides is 1. The Bertz CT molecular complexity index is 741. The molecule has 0 saturated heterocycles. The SMILES string of the molecule is CC1CN(S(=O)(=O)c2ccc(Br)cc2)c2ccccc21. The Kier molecular flexibility index (Phi) is 3.34. The van der Waals surface area contributed by atoms with E-state index in [4.69, 9.17) is 0 Å². The Morgan fingerprint density at radius 2 is 1.75 bits per heavy atom. The van der Waals surface area contributed by atoms with Crippen LogP contribution in [0.15, 0.2) is 57.9 Å². The molecule has 3 nitrogen and oxygen atoms in total. The molecule has 5 heteroatoms. The number of nitrogens with zero attached hydrogens (tertiary/aromatic N) is 1. The van der Waals surface area contributed by atoms with Crippen molar-refractivity contribution in [1.82, 2.24) is 0 Å². The summed E-state index contributed by atoms with van der Waals surface area (Å²) in [5.41, 5.74) is 1.89. The minimum atomic E-state index is -3.49. The molecule has 1 heterocycles. The van der Waals surface area contributed by atoms with E-state index in [9.17, 15) is 8.42 Å².